The molecule has 160 valence electrons. The summed E-state index contributed by atoms with van der Waals surface area (Å²) in [5.74, 6) is -0.566. The molecule has 0 bridgehead atoms. The molecule has 0 saturated heterocycles. The number of hydrogen-bond donors (Lipinski definition) is 1. The van der Waals surface area contributed by atoms with Crippen molar-refractivity contribution in [3.05, 3.63) is 94.5 Å². The molecule has 1 amide bonds. The Morgan fingerprint density at radius 2 is 1.65 bits per heavy atom. The molecule has 0 aliphatic rings. The van der Waals surface area contributed by atoms with Gasteiger partial charge in [-0.1, -0.05) is 59.6 Å². The van der Waals surface area contributed by atoms with E-state index in [0.29, 0.717) is 10.7 Å². The van der Waals surface area contributed by atoms with Crippen LogP contribution in [0.3, 0.4) is 0 Å². The summed E-state index contributed by atoms with van der Waals surface area (Å²) >= 11 is 5.85. The predicted molar refractivity (Wildman–Crippen MR) is 124 cm³/mol. The minimum Gasteiger partial charge on any atom is -0.271 e. The molecule has 0 heterocycles. The maximum Gasteiger partial charge on any atom is 0.264 e. The van der Waals surface area contributed by atoms with Crippen LogP contribution in [-0.4, -0.2) is 27.1 Å². The van der Waals surface area contributed by atoms with Crippen LogP contribution in [0.4, 0.5) is 5.69 Å². The summed E-state index contributed by atoms with van der Waals surface area (Å²) in [7, 11) is -3.96. The Morgan fingerprint density at radius 3 is 2.29 bits per heavy atom. The molecule has 3 aromatic rings. The highest BCUT2D eigenvalue weighted by molar-refractivity contribution is 7.92. The van der Waals surface area contributed by atoms with E-state index in [1.54, 1.807) is 61.5 Å². The van der Waals surface area contributed by atoms with Crippen LogP contribution in [0, 0.1) is 13.8 Å². The number of halogens is 1. The predicted octanol–water partition coefficient (Wildman–Crippen LogP) is 4.30. The van der Waals surface area contributed by atoms with Gasteiger partial charge in [0.1, 0.15) is 6.54 Å². The maximum atomic E-state index is 13.4. The van der Waals surface area contributed by atoms with E-state index >= 15 is 0 Å². The Hall–Kier alpha value is -3.16. The highest BCUT2D eigenvalue weighted by Crippen LogP contribution is 2.26. The number of sulfonamides is 1. The monoisotopic (exact) mass is 455 g/mol. The fourth-order valence-corrected chi connectivity index (χ4v) is 4.49. The standard InChI is InChI=1S/C23H22ClN3O3S/c1-17-7-13-21(14-8-17)31(29,30)27(22-6-4-3-5-18(22)2)16-23(28)26-25-15-19-9-11-20(24)12-10-19/h3-15H,16H2,1-2H3,(H,26,28)/b25-15-. The number of hydrogen-bond acceptors (Lipinski definition) is 4. The van der Waals surface area contributed by atoms with Crippen molar-refractivity contribution in [2.24, 2.45) is 5.10 Å². The number of carbonyl (C=O) groups is 1. The molecule has 3 rings (SSSR count). The number of nitrogens with zero attached hydrogens (tertiary/aromatic N) is 2. The van der Waals surface area contributed by atoms with Gasteiger partial charge in [-0.25, -0.2) is 13.8 Å². The number of nitrogens with one attached hydrogen (secondary N) is 1. The average Bonchev–Trinajstić information content (AvgIpc) is 2.74. The van der Waals surface area contributed by atoms with Crippen molar-refractivity contribution in [3.63, 3.8) is 0 Å². The second-order valence-corrected chi connectivity index (χ2v) is 9.25. The van der Waals surface area contributed by atoms with E-state index in [1.165, 1.54) is 18.3 Å². The summed E-state index contributed by atoms with van der Waals surface area (Å²) in [5.41, 5.74) is 5.24. The number of rotatable bonds is 7. The zero-order valence-corrected chi connectivity index (χ0v) is 18.7. The Balaban J connectivity index is 1.85. The van der Waals surface area contributed by atoms with Gasteiger partial charge in [-0.15, -0.1) is 0 Å². The zero-order valence-electron chi connectivity index (χ0n) is 17.1. The van der Waals surface area contributed by atoms with Crippen molar-refractivity contribution in [1.82, 2.24) is 5.43 Å². The smallest absolute Gasteiger partial charge is 0.264 e. The lowest BCUT2D eigenvalue weighted by atomic mass is 10.2. The van der Waals surface area contributed by atoms with Crippen LogP contribution in [0.1, 0.15) is 16.7 Å². The van der Waals surface area contributed by atoms with Crippen LogP contribution in [0.2, 0.25) is 5.02 Å². The quantitative estimate of drug-likeness (QED) is 0.426. The third kappa shape index (κ3) is 5.71. The second kappa shape index (κ2) is 9.76. The van der Waals surface area contributed by atoms with Crippen LogP contribution in [0.25, 0.3) is 0 Å². The van der Waals surface area contributed by atoms with E-state index in [0.717, 1.165) is 21.0 Å². The van der Waals surface area contributed by atoms with Gasteiger partial charge < -0.3 is 0 Å². The lowest BCUT2D eigenvalue weighted by molar-refractivity contribution is -0.119. The van der Waals surface area contributed by atoms with Crippen molar-refractivity contribution in [2.75, 3.05) is 10.8 Å². The van der Waals surface area contributed by atoms with Gasteiger partial charge in [0.25, 0.3) is 15.9 Å². The Bertz CT molecular complexity index is 1190. The average molecular weight is 456 g/mol. The summed E-state index contributed by atoms with van der Waals surface area (Å²) in [6.07, 6.45) is 1.46. The number of para-hydroxylation sites is 1. The zero-order chi connectivity index (χ0) is 22.4. The van der Waals surface area contributed by atoms with Gasteiger partial charge in [0.05, 0.1) is 16.8 Å². The van der Waals surface area contributed by atoms with Crippen molar-refractivity contribution >= 4 is 39.4 Å². The van der Waals surface area contributed by atoms with Gasteiger partial charge in [0.15, 0.2) is 0 Å². The summed E-state index contributed by atoms with van der Waals surface area (Å²) in [4.78, 5) is 12.7. The van der Waals surface area contributed by atoms with E-state index in [4.69, 9.17) is 11.6 Å². The number of amides is 1. The minimum atomic E-state index is -3.96. The molecular weight excluding hydrogens is 434 g/mol. The minimum absolute atomic E-state index is 0.110. The third-order valence-corrected chi connectivity index (χ3v) is 6.58. The fourth-order valence-electron chi connectivity index (χ4n) is 2.87. The number of anilines is 1. The lowest BCUT2D eigenvalue weighted by Gasteiger charge is -2.25. The topological polar surface area (TPSA) is 78.8 Å². The highest BCUT2D eigenvalue weighted by Gasteiger charge is 2.28. The van der Waals surface area contributed by atoms with E-state index in [1.807, 2.05) is 13.0 Å². The van der Waals surface area contributed by atoms with E-state index in [9.17, 15) is 13.2 Å². The van der Waals surface area contributed by atoms with E-state index < -0.39 is 22.5 Å². The van der Waals surface area contributed by atoms with Gasteiger partial charge in [-0.2, -0.15) is 5.10 Å². The Morgan fingerprint density at radius 1 is 1.00 bits per heavy atom. The van der Waals surface area contributed by atoms with Crippen LogP contribution >= 0.6 is 11.6 Å². The molecule has 0 unspecified atom stereocenters. The van der Waals surface area contributed by atoms with Crippen molar-refractivity contribution in [2.45, 2.75) is 18.7 Å². The van der Waals surface area contributed by atoms with Crippen LogP contribution in [-0.2, 0) is 14.8 Å². The molecule has 6 nitrogen and oxygen atoms in total. The van der Waals surface area contributed by atoms with Gasteiger partial charge in [-0.05, 0) is 55.3 Å². The first kappa shape index (κ1) is 22.5. The molecule has 0 aliphatic carbocycles. The first-order valence-electron chi connectivity index (χ1n) is 9.50. The SMILES string of the molecule is Cc1ccc(S(=O)(=O)N(CC(=O)N/N=C\c2ccc(Cl)cc2)c2ccccc2C)cc1. The Labute approximate surface area is 187 Å². The van der Waals surface area contributed by atoms with Crippen LogP contribution < -0.4 is 9.73 Å². The molecule has 1 N–H and O–H groups in total. The number of carbonyl (C=O) groups excluding carboxylic acids is 1. The van der Waals surface area contributed by atoms with Gasteiger partial charge >= 0.3 is 0 Å². The van der Waals surface area contributed by atoms with Gasteiger partial charge in [-0.3, -0.25) is 9.10 Å². The third-order valence-electron chi connectivity index (χ3n) is 4.55. The van der Waals surface area contributed by atoms with Crippen LogP contribution in [0.15, 0.2) is 82.8 Å². The summed E-state index contributed by atoms with van der Waals surface area (Å²) in [6, 6.07) is 20.4. The molecule has 0 aliphatic heterocycles. The molecular formula is C23H22ClN3O3S. The van der Waals surface area contributed by atoms with Crippen molar-refractivity contribution < 1.29 is 13.2 Å². The molecule has 0 saturated carbocycles. The lowest BCUT2D eigenvalue weighted by Crippen LogP contribution is -2.40. The second-order valence-electron chi connectivity index (χ2n) is 6.96. The van der Waals surface area contributed by atoms with Crippen LogP contribution in [0.5, 0.6) is 0 Å². The molecule has 0 fully saturated rings. The van der Waals surface area contributed by atoms with E-state index in [-0.39, 0.29) is 4.90 Å². The summed E-state index contributed by atoms with van der Waals surface area (Å²) in [5, 5.41) is 4.51. The summed E-state index contributed by atoms with van der Waals surface area (Å²) in [6.45, 7) is 3.25. The molecule has 0 aromatic heterocycles. The number of aryl methyl sites for hydroxylation is 2. The molecule has 0 atom stereocenters. The van der Waals surface area contributed by atoms with Crippen molar-refractivity contribution in [3.8, 4) is 0 Å². The molecule has 8 heteroatoms. The summed E-state index contributed by atoms with van der Waals surface area (Å²) < 4.78 is 27.8. The van der Waals surface area contributed by atoms with Crippen molar-refractivity contribution in [1.29, 1.82) is 0 Å². The number of benzene rings is 3. The van der Waals surface area contributed by atoms with Gasteiger partial charge in [0, 0.05) is 5.02 Å². The largest absolute Gasteiger partial charge is 0.271 e. The first-order valence-corrected chi connectivity index (χ1v) is 11.3. The molecule has 31 heavy (non-hydrogen) atoms. The Kier molecular flexibility index (Phi) is 7.09. The van der Waals surface area contributed by atoms with E-state index in [2.05, 4.69) is 10.5 Å². The first-order chi connectivity index (χ1) is 14.8. The fraction of sp³-hybridized carbons (Fsp3) is 0.130. The molecule has 3 aromatic carbocycles. The number of hydrazone groups is 1. The normalized spacial score (nSPS) is 11.5. The molecule has 0 radical (unpaired) electrons. The maximum absolute atomic E-state index is 13.4. The van der Waals surface area contributed by atoms with Gasteiger partial charge in [0.2, 0.25) is 0 Å². The highest BCUT2D eigenvalue weighted by atomic mass is 35.5. The molecule has 0 spiro atoms.